The van der Waals surface area contributed by atoms with Crippen LogP contribution in [0.5, 0.6) is 5.75 Å². The number of halogens is 2. The molecule has 2 N–H and O–H groups in total. The quantitative estimate of drug-likeness (QED) is 0.677. The van der Waals surface area contributed by atoms with E-state index in [0.29, 0.717) is 33.8 Å². The van der Waals surface area contributed by atoms with E-state index in [2.05, 4.69) is 10.6 Å². The molecule has 138 valence electrons. The smallest absolute Gasteiger partial charge is 0.239 e. The van der Waals surface area contributed by atoms with Crippen molar-refractivity contribution in [1.29, 1.82) is 0 Å². The molecule has 0 aliphatic rings. The standard InChI is InChI=1S/C19H20Cl2N2O3/c1-4-26-14-8-6-13(7-9-14)22-17(24)19(2,3)18(25)23-16-11-12(20)5-10-15(16)21/h5-11H,4H2,1-3H3,(H,22,24)(H,23,25). The molecule has 2 amide bonds. The third kappa shape index (κ3) is 4.90. The van der Waals surface area contributed by atoms with Gasteiger partial charge in [-0.25, -0.2) is 0 Å². The second-order valence-electron chi connectivity index (χ2n) is 6.11. The number of amides is 2. The molecule has 5 nitrogen and oxygen atoms in total. The highest BCUT2D eigenvalue weighted by Crippen LogP contribution is 2.28. The van der Waals surface area contributed by atoms with Crippen LogP contribution in [0.15, 0.2) is 42.5 Å². The van der Waals surface area contributed by atoms with Gasteiger partial charge in [0.1, 0.15) is 11.2 Å². The number of nitrogens with one attached hydrogen (secondary N) is 2. The highest BCUT2D eigenvalue weighted by Gasteiger charge is 2.36. The molecule has 2 aromatic rings. The predicted molar refractivity (Wildman–Crippen MR) is 105 cm³/mol. The molecule has 0 aromatic heterocycles. The van der Waals surface area contributed by atoms with E-state index in [-0.39, 0.29) is 0 Å². The van der Waals surface area contributed by atoms with Crippen LogP contribution in [-0.2, 0) is 9.59 Å². The fourth-order valence-corrected chi connectivity index (χ4v) is 2.40. The lowest BCUT2D eigenvalue weighted by molar-refractivity contribution is -0.135. The molecule has 26 heavy (non-hydrogen) atoms. The van der Waals surface area contributed by atoms with Crippen molar-refractivity contribution in [3.8, 4) is 5.75 Å². The number of hydrogen-bond donors (Lipinski definition) is 2. The first kappa shape index (κ1) is 20.1. The molecule has 0 bridgehead atoms. The summed E-state index contributed by atoms with van der Waals surface area (Å²) in [6, 6.07) is 11.6. The average Bonchev–Trinajstić information content (AvgIpc) is 2.60. The molecular weight excluding hydrogens is 375 g/mol. The Bertz CT molecular complexity index is 805. The Balaban J connectivity index is 2.08. The van der Waals surface area contributed by atoms with Gasteiger partial charge in [0.2, 0.25) is 11.8 Å². The van der Waals surface area contributed by atoms with Crippen LogP contribution in [0, 0.1) is 5.41 Å². The fourth-order valence-electron chi connectivity index (χ4n) is 2.06. The lowest BCUT2D eigenvalue weighted by atomic mass is 9.90. The minimum Gasteiger partial charge on any atom is -0.494 e. The second-order valence-corrected chi connectivity index (χ2v) is 6.96. The van der Waals surface area contributed by atoms with Gasteiger partial charge in [-0.15, -0.1) is 0 Å². The zero-order valence-electron chi connectivity index (χ0n) is 14.7. The van der Waals surface area contributed by atoms with E-state index >= 15 is 0 Å². The molecule has 0 aliphatic heterocycles. The van der Waals surface area contributed by atoms with E-state index in [9.17, 15) is 9.59 Å². The van der Waals surface area contributed by atoms with E-state index in [1.807, 2.05) is 6.92 Å². The van der Waals surface area contributed by atoms with Gasteiger partial charge in [0.05, 0.1) is 17.3 Å². The van der Waals surface area contributed by atoms with Gasteiger partial charge in [0.25, 0.3) is 0 Å². The van der Waals surface area contributed by atoms with Gasteiger partial charge in [-0.2, -0.15) is 0 Å². The summed E-state index contributed by atoms with van der Waals surface area (Å²) in [7, 11) is 0. The van der Waals surface area contributed by atoms with E-state index < -0.39 is 17.2 Å². The van der Waals surface area contributed by atoms with Crippen LogP contribution in [0.2, 0.25) is 10.0 Å². The summed E-state index contributed by atoms with van der Waals surface area (Å²) >= 11 is 12.0. The maximum atomic E-state index is 12.6. The molecule has 0 fully saturated rings. The number of ether oxygens (including phenoxy) is 1. The Morgan fingerprint density at radius 1 is 1.00 bits per heavy atom. The minimum atomic E-state index is -1.33. The van der Waals surface area contributed by atoms with Crippen LogP contribution in [0.1, 0.15) is 20.8 Å². The SMILES string of the molecule is CCOc1ccc(NC(=O)C(C)(C)C(=O)Nc2cc(Cl)ccc2Cl)cc1. The van der Waals surface area contributed by atoms with Crippen LogP contribution in [-0.4, -0.2) is 18.4 Å². The number of benzene rings is 2. The number of carbonyl (C=O) groups excluding carboxylic acids is 2. The zero-order valence-corrected chi connectivity index (χ0v) is 16.2. The summed E-state index contributed by atoms with van der Waals surface area (Å²) in [6.07, 6.45) is 0. The van der Waals surface area contributed by atoms with Gasteiger partial charge in [0.15, 0.2) is 0 Å². The highest BCUT2D eigenvalue weighted by molar-refractivity contribution is 6.36. The second kappa shape index (κ2) is 8.43. The van der Waals surface area contributed by atoms with Crippen LogP contribution < -0.4 is 15.4 Å². The molecule has 0 radical (unpaired) electrons. The van der Waals surface area contributed by atoms with Crippen molar-refractivity contribution in [2.24, 2.45) is 5.41 Å². The van der Waals surface area contributed by atoms with Crippen molar-refractivity contribution in [1.82, 2.24) is 0 Å². The van der Waals surface area contributed by atoms with Crippen molar-refractivity contribution < 1.29 is 14.3 Å². The van der Waals surface area contributed by atoms with Gasteiger partial charge in [-0.3, -0.25) is 9.59 Å². The molecule has 0 atom stereocenters. The monoisotopic (exact) mass is 394 g/mol. The summed E-state index contributed by atoms with van der Waals surface area (Å²) < 4.78 is 5.36. The Hall–Kier alpha value is -2.24. The van der Waals surface area contributed by atoms with Crippen molar-refractivity contribution in [3.63, 3.8) is 0 Å². The zero-order chi connectivity index (χ0) is 19.3. The van der Waals surface area contributed by atoms with Crippen molar-refractivity contribution in [2.75, 3.05) is 17.2 Å². The fraction of sp³-hybridized carbons (Fsp3) is 0.263. The molecule has 0 aliphatic carbocycles. The van der Waals surface area contributed by atoms with Crippen LogP contribution >= 0.6 is 23.2 Å². The normalized spacial score (nSPS) is 11.0. The molecule has 0 heterocycles. The Labute approximate surface area is 162 Å². The summed E-state index contributed by atoms with van der Waals surface area (Å²) in [5, 5.41) is 6.15. The Morgan fingerprint density at radius 3 is 2.23 bits per heavy atom. The van der Waals surface area contributed by atoms with Crippen LogP contribution in [0.3, 0.4) is 0 Å². The first-order valence-electron chi connectivity index (χ1n) is 8.05. The molecule has 0 saturated carbocycles. The first-order chi connectivity index (χ1) is 12.2. The van der Waals surface area contributed by atoms with Gasteiger partial charge >= 0.3 is 0 Å². The summed E-state index contributed by atoms with van der Waals surface area (Å²) in [4.78, 5) is 25.1. The third-order valence-corrected chi connectivity index (χ3v) is 4.30. The lowest BCUT2D eigenvalue weighted by Crippen LogP contribution is -2.41. The third-order valence-electron chi connectivity index (χ3n) is 3.74. The van der Waals surface area contributed by atoms with Crippen molar-refractivity contribution in [3.05, 3.63) is 52.5 Å². The first-order valence-corrected chi connectivity index (χ1v) is 8.80. The van der Waals surface area contributed by atoms with E-state index in [1.54, 1.807) is 36.4 Å². The molecule has 7 heteroatoms. The predicted octanol–water partition coefficient (Wildman–Crippen LogP) is 5.00. The lowest BCUT2D eigenvalue weighted by Gasteiger charge is -2.23. The van der Waals surface area contributed by atoms with Crippen LogP contribution in [0.25, 0.3) is 0 Å². The number of rotatable bonds is 6. The Kier molecular flexibility index (Phi) is 6.51. The maximum Gasteiger partial charge on any atom is 0.239 e. The molecule has 2 rings (SSSR count). The average molecular weight is 395 g/mol. The highest BCUT2D eigenvalue weighted by atomic mass is 35.5. The number of anilines is 2. The Morgan fingerprint density at radius 2 is 1.62 bits per heavy atom. The van der Waals surface area contributed by atoms with Gasteiger partial charge in [-0.05, 0) is 63.2 Å². The number of carbonyl (C=O) groups is 2. The maximum absolute atomic E-state index is 12.6. The van der Waals surface area contributed by atoms with E-state index in [1.165, 1.54) is 19.9 Å². The summed E-state index contributed by atoms with van der Waals surface area (Å²) in [6.45, 7) is 5.52. The van der Waals surface area contributed by atoms with Crippen molar-refractivity contribution in [2.45, 2.75) is 20.8 Å². The molecule has 2 aromatic carbocycles. The van der Waals surface area contributed by atoms with Gasteiger partial charge in [0, 0.05) is 10.7 Å². The molecule has 0 saturated heterocycles. The van der Waals surface area contributed by atoms with Gasteiger partial charge < -0.3 is 15.4 Å². The summed E-state index contributed by atoms with van der Waals surface area (Å²) in [5.41, 5.74) is -0.407. The van der Waals surface area contributed by atoms with E-state index in [4.69, 9.17) is 27.9 Å². The van der Waals surface area contributed by atoms with Crippen LogP contribution in [0.4, 0.5) is 11.4 Å². The van der Waals surface area contributed by atoms with E-state index in [0.717, 1.165) is 0 Å². The topological polar surface area (TPSA) is 67.4 Å². The molecule has 0 spiro atoms. The molecular formula is C19H20Cl2N2O3. The van der Waals surface area contributed by atoms with Crippen molar-refractivity contribution >= 4 is 46.4 Å². The minimum absolute atomic E-state index is 0.338. The van der Waals surface area contributed by atoms with Gasteiger partial charge in [-0.1, -0.05) is 23.2 Å². The summed E-state index contributed by atoms with van der Waals surface area (Å²) in [5.74, 6) is -0.236. The number of hydrogen-bond acceptors (Lipinski definition) is 3. The molecule has 0 unspecified atom stereocenters. The largest absolute Gasteiger partial charge is 0.494 e.